The molecule has 1 atom stereocenters. The molecule has 0 bridgehead atoms. The average molecular weight is 452 g/mol. The highest BCUT2D eigenvalue weighted by molar-refractivity contribution is 5.70. The van der Waals surface area contributed by atoms with Gasteiger partial charge in [0.25, 0.3) is 5.92 Å². The molecule has 1 fully saturated rings. The molecule has 1 aliphatic rings. The summed E-state index contributed by atoms with van der Waals surface area (Å²) >= 11 is 0. The molecule has 3 rings (SSSR count). The number of ether oxygens (including phenoxy) is 1. The van der Waals surface area contributed by atoms with Gasteiger partial charge in [-0.3, -0.25) is 4.79 Å². The number of aromatic nitrogens is 4. The Morgan fingerprint density at radius 3 is 2.69 bits per heavy atom. The van der Waals surface area contributed by atoms with Crippen LogP contribution in [0.4, 0.5) is 14.5 Å². The smallest absolute Gasteiger partial charge is 0.306 e. The topological polar surface area (TPSA) is 93.4 Å². The van der Waals surface area contributed by atoms with Crippen molar-refractivity contribution in [2.24, 2.45) is 13.0 Å². The van der Waals surface area contributed by atoms with Crippen molar-refractivity contribution in [3.63, 3.8) is 0 Å². The molecule has 10 heteroatoms. The third-order valence-electron chi connectivity index (χ3n) is 5.32. The second-order valence-corrected chi connectivity index (χ2v) is 9.28. The summed E-state index contributed by atoms with van der Waals surface area (Å²) in [6.07, 6.45) is 0.113. The van der Waals surface area contributed by atoms with Gasteiger partial charge in [0.15, 0.2) is 0 Å². The summed E-state index contributed by atoms with van der Waals surface area (Å²) in [5, 5.41) is 17.6. The minimum absolute atomic E-state index is 0.0597. The van der Waals surface area contributed by atoms with Gasteiger partial charge in [-0.1, -0.05) is 12.1 Å². The number of aryl methyl sites for hydroxylation is 2. The van der Waals surface area contributed by atoms with Crippen LogP contribution in [0.15, 0.2) is 12.1 Å². The van der Waals surface area contributed by atoms with Crippen LogP contribution in [0.25, 0.3) is 11.4 Å². The van der Waals surface area contributed by atoms with E-state index < -0.39 is 30.0 Å². The predicted molar refractivity (Wildman–Crippen MR) is 115 cm³/mol. The quantitative estimate of drug-likeness (QED) is 0.675. The largest absolute Gasteiger partial charge is 0.460 e. The summed E-state index contributed by atoms with van der Waals surface area (Å²) in [7, 11) is 1.68. The van der Waals surface area contributed by atoms with E-state index in [4.69, 9.17) is 4.74 Å². The van der Waals surface area contributed by atoms with Gasteiger partial charge in [0, 0.05) is 20.0 Å². The van der Waals surface area contributed by atoms with E-state index in [1.165, 1.54) is 4.68 Å². The monoisotopic (exact) mass is 451 g/mol. The van der Waals surface area contributed by atoms with Gasteiger partial charge >= 0.3 is 5.97 Å². The lowest BCUT2D eigenvalue weighted by Crippen LogP contribution is -2.48. The molecular formula is C22H31F2N5O3. The minimum atomic E-state index is -2.93. The zero-order chi connectivity index (χ0) is 23.7. The zero-order valence-electron chi connectivity index (χ0n) is 19.2. The Morgan fingerprint density at radius 2 is 2.06 bits per heavy atom. The number of rotatable bonds is 6. The summed E-state index contributed by atoms with van der Waals surface area (Å²) in [5.41, 5.74) is 2.11. The molecule has 1 aliphatic heterocycles. The highest BCUT2D eigenvalue weighted by Crippen LogP contribution is 2.36. The molecule has 0 aliphatic carbocycles. The molecule has 0 unspecified atom stereocenters. The molecule has 1 N–H and O–H groups in total. The van der Waals surface area contributed by atoms with Gasteiger partial charge < -0.3 is 14.7 Å². The molecule has 176 valence electrons. The second kappa shape index (κ2) is 9.09. The summed E-state index contributed by atoms with van der Waals surface area (Å²) in [6.45, 7) is 6.81. The predicted octanol–water partition coefficient (Wildman–Crippen LogP) is 3.13. The maximum absolute atomic E-state index is 14.6. The van der Waals surface area contributed by atoms with Crippen LogP contribution in [-0.2, 0) is 29.6 Å². The number of piperidine rings is 1. The maximum Gasteiger partial charge on any atom is 0.306 e. The highest BCUT2D eigenvalue weighted by Gasteiger charge is 2.42. The van der Waals surface area contributed by atoms with Gasteiger partial charge in [0.2, 0.25) is 0 Å². The molecule has 1 saturated heterocycles. The van der Waals surface area contributed by atoms with E-state index in [1.807, 2.05) is 6.92 Å². The van der Waals surface area contributed by atoms with Crippen LogP contribution in [0.1, 0.15) is 51.9 Å². The van der Waals surface area contributed by atoms with Crippen molar-refractivity contribution in [1.29, 1.82) is 0 Å². The summed E-state index contributed by atoms with van der Waals surface area (Å²) in [4.78, 5) is 18.5. The van der Waals surface area contributed by atoms with Gasteiger partial charge in [-0.25, -0.2) is 18.4 Å². The van der Waals surface area contributed by atoms with E-state index in [0.29, 0.717) is 41.4 Å². The number of halogens is 2. The number of anilines is 1. The van der Waals surface area contributed by atoms with E-state index >= 15 is 0 Å². The summed E-state index contributed by atoms with van der Waals surface area (Å²) < 4.78 is 36.0. The number of nitrogens with zero attached hydrogens (tertiary/aromatic N) is 5. The number of hydrogen-bond donors (Lipinski definition) is 1. The first-order chi connectivity index (χ1) is 14.9. The second-order valence-electron chi connectivity index (χ2n) is 9.28. The molecule has 2 aromatic heterocycles. The Bertz CT molecular complexity index is 971. The van der Waals surface area contributed by atoms with Crippen LogP contribution in [0.2, 0.25) is 0 Å². The standard InChI is InChI=1S/C22H31F2N5O3/c1-6-15-17(8-7-16(25-15)20-18(12-30)28(5)27-26-20)29-11-14(10-22(23,24)13-29)9-19(31)32-21(2,3)4/h7-8,14,30H,6,9-13H2,1-5H3/t14-/m0/s1. The summed E-state index contributed by atoms with van der Waals surface area (Å²) in [6, 6.07) is 3.45. The van der Waals surface area contributed by atoms with Crippen LogP contribution < -0.4 is 4.90 Å². The maximum atomic E-state index is 14.6. The Kier molecular flexibility index (Phi) is 6.83. The zero-order valence-corrected chi connectivity index (χ0v) is 19.2. The van der Waals surface area contributed by atoms with Gasteiger partial charge in [-0.2, -0.15) is 0 Å². The van der Waals surface area contributed by atoms with Crippen LogP contribution in [0, 0.1) is 5.92 Å². The number of hydrogen-bond acceptors (Lipinski definition) is 7. The van der Waals surface area contributed by atoms with Crippen molar-refractivity contribution in [2.75, 3.05) is 18.0 Å². The minimum Gasteiger partial charge on any atom is -0.460 e. The Balaban J connectivity index is 1.86. The normalized spacial score (nSPS) is 18.6. The molecule has 0 aromatic carbocycles. The number of aliphatic hydroxyl groups excluding tert-OH is 1. The van der Waals surface area contributed by atoms with Gasteiger partial charge in [0.1, 0.15) is 11.3 Å². The van der Waals surface area contributed by atoms with Crippen molar-refractivity contribution in [1.82, 2.24) is 20.0 Å². The van der Waals surface area contributed by atoms with Gasteiger partial charge in [0.05, 0.1) is 42.3 Å². The first-order valence-corrected chi connectivity index (χ1v) is 10.8. The van der Waals surface area contributed by atoms with Gasteiger partial charge in [-0.15, -0.1) is 5.10 Å². The van der Waals surface area contributed by atoms with E-state index in [0.717, 1.165) is 0 Å². The Labute approximate surface area is 186 Å². The Morgan fingerprint density at radius 1 is 1.34 bits per heavy atom. The van der Waals surface area contributed by atoms with Crippen LogP contribution in [-0.4, -0.2) is 55.7 Å². The van der Waals surface area contributed by atoms with E-state index in [9.17, 15) is 18.7 Å². The van der Waals surface area contributed by atoms with Crippen LogP contribution >= 0.6 is 0 Å². The van der Waals surface area contributed by atoms with Crippen molar-refractivity contribution in [3.05, 3.63) is 23.5 Å². The lowest BCUT2D eigenvalue weighted by molar-refractivity contribution is -0.156. The highest BCUT2D eigenvalue weighted by atomic mass is 19.3. The van der Waals surface area contributed by atoms with Crippen LogP contribution in [0.3, 0.4) is 0 Å². The molecule has 0 spiro atoms. The molecule has 0 saturated carbocycles. The fourth-order valence-electron chi connectivity index (χ4n) is 4.07. The number of alkyl halides is 2. The third kappa shape index (κ3) is 5.59. The molecule has 2 aromatic rings. The van der Waals surface area contributed by atoms with E-state index in [1.54, 1.807) is 44.9 Å². The van der Waals surface area contributed by atoms with Crippen molar-refractivity contribution >= 4 is 11.7 Å². The molecule has 0 amide bonds. The first kappa shape index (κ1) is 24.0. The first-order valence-electron chi connectivity index (χ1n) is 10.8. The summed E-state index contributed by atoms with van der Waals surface area (Å²) in [5.74, 6) is -3.92. The number of aliphatic hydroxyl groups is 1. The molecule has 32 heavy (non-hydrogen) atoms. The lowest BCUT2D eigenvalue weighted by Gasteiger charge is -2.39. The number of carbonyl (C=O) groups excluding carboxylic acids is 1. The lowest BCUT2D eigenvalue weighted by atomic mass is 9.91. The fourth-order valence-corrected chi connectivity index (χ4v) is 4.07. The van der Waals surface area contributed by atoms with Crippen molar-refractivity contribution in [3.8, 4) is 11.4 Å². The van der Waals surface area contributed by atoms with E-state index in [2.05, 4.69) is 15.3 Å². The third-order valence-corrected chi connectivity index (χ3v) is 5.32. The van der Waals surface area contributed by atoms with Crippen LogP contribution in [0.5, 0.6) is 0 Å². The van der Waals surface area contributed by atoms with Crippen molar-refractivity contribution < 1.29 is 23.4 Å². The molecular weight excluding hydrogens is 420 g/mol. The molecule has 3 heterocycles. The number of pyridine rings is 1. The Hall–Kier alpha value is -2.62. The number of esters is 1. The van der Waals surface area contributed by atoms with Crippen molar-refractivity contribution in [2.45, 2.75) is 65.1 Å². The molecule has 0 radical (unpaired) electrons. The number of carbonyl (C=O) groups is 1. The average Bonchev–Trinajstić information content (AvgIpc) is 3.05. The van der Waals surface area contributed by atoms with E-state index in [-0.39, 0.29) is 19.4 Å². The van der Waals surface area contributed by atoms with Gasteiger partial charge in [-0.05, 0) is 45.2 Å². The SMILES string of the molecule is CCc1nc(-c2nnn(C)c2CO)ccc1N1C[C@@H](CC(=O)OC(C)(C)C)CC(F)(F)C1. The fraction of sp³-hybridized carbons (Fsp3) is 0.636. The molecule has 8 nitrogen and oxygen atoms in total.